The van der Waals surface area contributed by atoms with E-state index in [9.17, 15) is 13.6 Å². The number of methoxy groups -OCH3 is 1. The second-order valence-corrected chi connectivity index (χ2v) is 4.64. The number of carbonyl (C=O) groups excluding carboxylic acids is 1. The first kappa shape index (κ1) is 14.9. The molecule has 2 rings (SSSR count). The number of nitrogens with zero attached hydrogens (tertiary/aromatic N) is 1. The summed E-state index contributed by atoms with van der Waals surface area (Å²) in [5.41, 5.74) is -0.547. The van der Waals surface area contributed by atoms with Gasteiger partial charge in [-0.25, -0.2) is 13.6 Å². The first-order valence-electron chi connectivity index (χ1n) is 6.19. The maximum atomic E-state index is 13.4. The Morgan fingerprint density at radius 1 is 1.19 bits per heavy atom. The largest absolute Gasteiger partial charge is 0.467 e. The quantitative estimate of drug-likeness (QED) is 0.880. The molecule has 1 N–H and O–H groups in total. The summed E-state index contributed by atoms with van der Waals surface area (Å²) in [5, 5.41) is 2.93. The van der Waals surface area contributed by atoms with Crippen molar-refractivity contribution in [1.29, 1.82) is 0 Å². The molecular weight excluding hydrogens is 278 g/mol. The van der Waals surface area contributed by atoms with Crippen molar-refractivity contribution >= 4 is 11.7 Å². The summed E-state index contributed by atoms with van der Waals surface area (Å²) in [7, 11) is 1.24. The van der Waals surface area contributed by atoms with Crippen molar-refractivity contribution in [2.45, 2.75) is 12.5 Å². The van der Waals surface area contributed by atoms with Crippen molar-refractivity contribution in [1.82, 2.24) is 4.98 Å². The minimum atomic E-state index is -1.35. The summed E-state index contributed by atoms with van der Waals surface area (Å²) < 4.78 is 31.1. The van der Waals surface area contributed by atoms with E-state index in [1.54, 1.807) is 6.92 Å². The van der Waals surface area contributed by atoms with Crippen LogP contribution in [0.2, 0.25) is 0 Å². The number of carbonyl (C=O) groups is 1. The molecule has 0 aliphatic rings. The van der Waals surface area contributed by atoms with Crippen LogP contribution in [-0.2, 0) is 15.1 Å². The zero-order valence-electron chi connectivity index (χ0n) is 11.6. The van der Waals surface area contributed by atoms with E-state index in [4.69, 9.17) is 4.74 Å². The minimum Gasteiger partial charge on any atom is -0.467 e. The smallest absolute Gasteiger partial charge is 0.335 e. The van der Waals surface area contributed by atoms with Gasteiger partial charge < -0.3 is 10.1 Å². The fourth-order valence-electron chi connectivity index (χ4n) is 1.95. The molecule has 1 unspecified atom stereocenters. The molecular formula is C15H14F2N2O2. The Labute approximate surface area is 120 Å². The molecule has 1 aromatic heterocycles. The molecule has 0 bridgehead atoms. The van der Waals surface area contributed by atoms with Gasteiger partial charge in [0.05, 0.1) is 13.3 Å². The van der Waals surface area contributed by atoms with Crippen LogP contribution in [0.25, 0.3) is 0 Å². The van der Waals surface area contributed by atoms with E-state index in [1.807, 2.05) is 0 Å². The van der Waals surface area contributed by atoms with Crippen molar-refractivity contribution in [3.05, 3.63) is 59.9 Å². The monoisotopic (exact) mass is 292 g/mol. The lowest BCUT2D eigenvalue weighted by molar-refractivity contribution is -0.145. The molecule has 110 valence electrons. The first-order chi connectivity index (χ1) is 9.95. The minimum absolute atomic E-state index is 0.304. The molecule has 2 aromatic rings. The lowest BCUT2D eigenvalue weighted by Gasteiger charge is -2.29. The maximum absolute atomic E-state index is 13.4. The highest BCUT2D eigenvalue weighted by atomic mass is 19.1. The Morgan fingerprint density at radius 3 is 2.43 bits per heavy atom. The summed E-state index contributed by atoms with van der Waals surface area (Å²) in [5.74, 6) is -1.57. The van der Waals surface area contributed by atoms with Crippen LogP contribution < -0.4 is 5.32 Å². The van der Waals surface area contributed by atoms with E-state index in [-0.39, 0.29) is 0 Å². The van der Waals surface area contributed by atoms with Gasteiger partial charge in [0.15, 0.2) is 5.54 Å². The predicted molar refractivity (Wildman–Crippen MR) is 73.6 cm³/mol. The summed E-state index contributed by atoms with van der Waals surface area (Å²) in [4.78, 5) is 15.8. The number of halogens is 2. The normalized spacial score (nSPS) is 13.3. The second-order valence-electron chi connectivity index (χ2n) is 4.64. The third kappa shape index (κ3) is 3.16. The molecule has 0 amide bonds. The van der Waals surface area contributed by atoms with Gasteiger partial charge in [-0.1, -0.05) is 0 Å². The Balaban J connectivity index is 2.42. The van der Waals surface area contributed by atoms with E-state index in [1.165, 1.54) is 43.6 Å². The van der Waals surface area contributed by atoms with Gasteiger partial charge in [-0.15, -0.1) is 0 Å². The van der Waals surface area contributed by atoms with Gasteiger partial charge in [-0.3, -0.25) is 4.98 Å². The number of esters is 1. The Morgan fingerprint density at radius 2 is 1.86 bits per heavy atom. The van der Waals surface area contributed by atoms with Crippen LogP contribution >= 0.6 is 0 Å². The lowest BCUT2D eigenvalue weighted by atomic mass is 9.93. The highest BCUT2D eigenvalue weighted by Crippen LogP contribution is 2.27. The van der Waals surface area contributed by atoms with Crippen LogP contribution in [0.1, 0.15) is 12.5 Å². The highest BCUT2D eigenvalue weighted by molar-refractivity contribution is 5.85. The molecule has 0 aliphatic heterocycles. The molecule has 0 aliphatic carbocycles. The van der Waals surface area contributed by atoms with Crippen molar-refractivity contribution in [2.75, 3.05) is 12.4 Å². The molecule has 0 saturated carbocycles. The molecule has 1 aromatic carbocycles. The van der Waals surface area contributed by atoms with Gasteiger partial charge >= 0.3 is 5.97 Å². The van der Waals surface area contributed by atoms with Gasteiger partial charge in [-0.2, -0.15) is 0 Å². The number of ether oxygens (including phenoxy) is 1. The zero-order valence-corrected chi connectivity index (χ0v) is 11.6. The van der Waals surface area contributed by atoms with Crippen LogP contribution in [0.5, 0.6) is 0 Å². The topological polar surface area (TPSA) is 51.2 Å². The van der Waals surface area contributed by atoms with E-state index >= 15 is 0 Å². The number of benzene rings is 1. The number of pyridine rings is 1. The average Bonchev–Trinajstić information content (AvgIpc) is 2.48. The molecule has 0 fully saturated rings. The van der Waals surface area contributed by atoms with Crippen LogP contribution in [0, 0.1) is 11.6 Å². The number of aromatic nitrogens is 1. The molecule has 1 heterocycles. The maximum Gasteiger partial charge on any atom is 0.335 e. The molecule has 0 spiro atoms. The van der Waals surface area contributed by atoms with Crippen molar-refractivity contribution in [3.8, 4) is 0 Å². The summed E-state index contributed by atoms with van der Waals surface area (Å²) in [6, 6.07) is 6.65. The van der Waals surface area contributed by atoms with E-state index in [0.29, 0.717) is 11.3 Å². The van der Waals surface area contributed by atoms with Crippen molar-refractivity contribution in [3.63, 3.8) is 0 Å². The fraction of sp³-hybridized carbons (Fsp3) is 0.200. The standard InChI is InChI=1S/C15H14F2N2O2/c1-15(14(20)21-2,10-7-12(17)9-18-8-10)19-13-5-3-11(16)4-6-13/h3-9,19H,1-2H3. The fourth-order valence-corrected chi connectivity index (χ4v) is 1.95. The average molecular weight is 292 g/mol. The second kappa shape index (κ2) is 5.87. The zero-order chi connectivity index (χ0) is 15.5. The highest BCUT2D eigenvalue weighted by Gasteiger charge is 2.37. The lowest BCUT2D eigenvalue weighted by Crippen LogP contribution is -2.41. The van der Waals surface area contributed by atoms with Crippen LogP contribution in [0.15, 0.2) is 42.7 Å². The van der Waals surface area contributed by atoms with Gasteiger partial charge in [0.2, 0.25) is 0 Å². The number of hydrogen-bond acceptors (Lipinski definition) is 4. The Kier molecular flexibility index (Phi) is 4.16. The molecule has 21 heavy (non-hydrogen) atoms. The van der Waals surface area contributed by atoms with Crippen LogP contribution in [0.3, 0.4) is 0 Å². The van der Waals surface area contributed by atoms with Crippen LogP contribution in [0.4, 0.5) is 14.5 Å². The number of nitrogens with one attached hydrogen (secondary N) is 1. The Hall–Kier alpha value is -2.50. The Bertz CT molecular complexity index is 646. The van der Waals surface area contributed by atoms with Gasteiger partial charge in [-0.05, 0) is 37.3 Å². The van der Waals surface area contributed by atoms with Crippen molar-refractivity contribution in [2.24, 2.45) is 0 Å². The summed E-state index contributed by atoms with van der Waals surface area (Å²) >= 11 is 0. The van der Waals surface area contributed by atoms with Gasteiger partial charge in [0, 0.05) is 17.4 Å². The van der Waals surface area contributed by atoms with E-state index < -0.39 is 23.1 Å². The molecule has 1 atom stereocenters. The third-order valence-corrected chi connectivity index (χ3v) is 3.11. The van der Waals surface area contributed by atoms with Crippen molar-refractivity contribution < 1.29 is 18.3 Å². The van der Waals surface area contributed by atoms with Gasteiger partial charge in [0.1, 0.15) is 11.6 Å². The number of anilines is 1. The third-order valence-electron chi connectivity index (χ3n) is 3.11. The van der Waals surface area contributed by atoms with Gasteiger partial charge in [0.25, 0.3) is 0 Å². The summed E-state index contributed by atoms with van der Waals surface area (Å²) in [6.45, 7) is 1.54. The number of hydrogen-bond donors (Lipinski definition) is 1. The predicted octanol–water partition coefficient (Wildman–Crippen LogP) is 2.86. The van der Waals surface area contributed by atoms with E-state index in [0.717, 1.165) is 6.20 Å². The van der Waals surface area contributed by atoms with Crippen LogP contribution in [-0.4, -0.2) is 18.1 Å². The van der Waals surface area contributed by atoms with E-state index in [2.05, 4.69) is 10.3 Å². The molecule has 0 radical (unpaired) electrons. The summed E-state index contributed by atoms with van der Waals surface area (Å²) in [6.07, 6.45) is 2.41. The molecule has 4 nitrogen and oxygen atoms in total. The molecule has 0 saturated heterocycles. The molecule has 6 heteroatoms. The number of rotatable bonds is 4. The first-order valence-corrected chi connectivity index (χ1v) is 6.19. The SMILES string of the molecule is COC(=O)C(C)(Nc1ccc(F)cc1)c1cncc(F)c1.